The third kappa shape index (κ3) is 6.99. The lowest BCUT2D eigenvalue weighted by atomic mass is 9.96. The summed E-state index contributed by atoms with van der Waals surface area (Å²) in [4.78, 5) is 12.9. The molecule has 0 aliphatic carbocycles. The van der Waals surface area contributed by atoms with Gasteiger partial charge >= 0.3 is 0 Å². The van der Waals surface area contributed by atoms with Gasteiger partial charge in [0.05, 0.1) is 6.10 Å². The van der Waals surface area contributed by atoms with Crippen LogP contribution in [0.2, 0.25) is 0 Å². The number of amides is 1. The molecule has 0 unspecified atom stereocenters. The van der Waals surface area contributed by atoms with E-state index in [9.17, 15) is 4.79 Å². The number of benzene rings is 1. The number of rotatable bonds is 12. The lowest BCUT2D eigenvalue weighted by Crippen LogP contribution is -2.43. The summed E-state index contributed by atoms with van der Waals surface area (Å²) in [5.41, 5.74) is 1.02. The lowest BCUT2D eigenvalue weighted by molar-refractivity contribution is -0.140. The van der Waals surface area contributed by atoms with Gasteiger partial charge in [0, 0.05) is 12.3 Å². The largest absolute Gasteiger partial charge is 0.490 e. The van der Waals surface area contributed by atoms with Crippen LogP contribution in [0.25, 0.3) is 0 Å². The molecule has 0 radical (unpaired) electrons. The highest BCUT2D eigenvalue weighted by Gasteiger charge is 2.33. The van der Waals surface area contributed by atoms with Gasteiger partial charge in [0.2, 0.25) is 0 Å². The zero-order valence-corrected chi connectivity index (χ0v) is 17.5. The molecule has 2 atom stereocenters. The fourth-order valence-corrected chi connectivity index (χ4v) is 2.71. The van der Waals surface area contributed by atoms with Gasteiger partial charge in [-0.3, -0.25) is 4.79 Å². The summed E-state index contributed by atoms with van der Waals surface area (Å²) in [6, 6.07) is 5.79. The van der Waals surface area contributed by atoms with Crippen LogP contribution in [-0.2, 0) is 9.53 Å². The van der Waals surface area contributed by atoms with Crippen LogP contribution in [0.3, 0.4) is 0 Å². The van der Waals surface area contributed by atoms with Gasteiger partial charge in [-0.1, -0.05) is 40.0 Å². The van der Waals surface area contributed by atoms with Crippen molar-refractivity contribution >= 4 is 11.6 Å². The van der Waals surface area contributed by atoms with E-state index in [2.05, 4.69) is 33.0 Å². The Labute approximate surface area is 159 Å². The van der Waals surface area contributed by atoms with E-state index in [1.165, 1.54) is 0 Å². The predicted molar refractivity (Wildman–Crippen MR) is 109 cm³/mol. The van der Waals surface area contributed by atoms with Gasteiger partial charge in [-0.25, -0.2) is 0 Å². The molecule has 148 valence electrons. The number of unbranched alkanes of at least 4 members (excludes halogenated alkanes) is 2. The minimum Gasteiger partial charge on any atom is -0.490 e. The van der Waals surface area contributed by atoms with Crippen LogP contribution in [0, 0.1) is 6.92 Å². The molecule has 1 N–H and O–H groups in total. The van der Waals surface area contributed by atoms with Crippen LogP contribution >= 0.6 is 0 Å². The second-order valence-corrected chi connectivity index (χ2v) is 7.31. The molecular formula is C22H37NO3. The van der Waals surface area contributed by atoms with Gasteiger partial charge in [0.1, 0.15) is 11.4 Å². The molecule has 1 amide bonds. The van der Waals surface area contributed by atoms with Gasteiger partial charge in [0.25, 0.3) is 5.91 Å². The fraction of sp³-hybridized carbons (Fsp3) is 0.682. The Bertz CT molecular complexity index is 558. The predicted octanol–water partition coefficient (Wildman–Crippen LogP) is 5.88. The number of hydrogen-bond donors (Lipinski definition) is 1. The second kappa shape index (κ2) is 11.2. The Morgan fingerprint density at radius 3 is 2.50 bits per heavy atom. The van der Waals surface area contributed by atoms with Crippen molar-refractivity contribution in [1.29, 1.82) is 0 Å². The molecule has 0 spiro atoms. The highest BCUT2D eigenvalue weighted by Crippen LogP contribution is 2.26. The maximum absolute atomic E-state index is 12.9. The van der Waals surface area contributed by atoms with E-state index in [-0.39, 0.29) is 12.0 Å². The molecule has 1 rings (SSSR count). The number of ether oxygens (including phenoxy) is 2. The Balaban J connectivity index is 2.82. The molecule has 1 aromatic carbocycles. The maximum atomic E-state index is 12.9. The number of carbonyl (C=O) groups is 1. The summed E-state index contributed by atoms with van der Waals surface area (Å²) in [5.74, 6) is 0.794. The van der Waals surface area contributed by atoms with Crippen LogP contribution in [0.5, 0.6) is 5.75 Å². The summed E-state index contributed by atoms with van der Waals surface area (Å²) in [7, 11) is 0. The molecule has 0 fully saturated rings. The number of nitrogens with one attached hydrogen (secondary N) is 1. The summed E-state index contributed by atoms with van der Waals surface area (Å²) in [6.07, 6.45) is 6.01. The normalized spacial score (nSPS) is 14.5. The van der Waals surface area contributed by atoms with E-state index in [1.807, 2.05) is 32.0 Å². The molecule has 0 heterocycles. The van der Waals surface area contributed by atoms with Crippen molar-refractivity contribution in [1.82, 2.24) is 0 Å². The molecule has 0 aromatic heterocycles. The van der Waals surface area contributed by atoms with E-state index in [4.69, 9.17) is 9.47 Å². The molecule has 4 nitrogen and oxygen atoms in total. The van der Waals surface area contributed by atoms with Crippen LogP contribution in [0.4, 0.5) is 5.69 Å². The van der Waals surface area contributed by atoms with Crippen LogP contribution < -0.4 is 10.1 Å². The van der Waals surface area contributed by atoms with E-state index in [1.54, 1.807) is 0 Å². The van der Waals surface area contributed by atoms with E-state index < -0.39 is 5.60 Å². The average molecular weight is 364 g/mol. The van der Waals surface area contributed by atoms with Crippen molar-refractivity contribution in [2.75, 3.05) is 11.9 Å². The van der Waals surface area contributed by atoms with E-state index >= 15 is 0 Å². The molecular weight excluding hydrogens is 326 g/mol. The highest BCUT2D eigenvalue weighted by atomic mass is 16.5. The van der Waals surface area contributed by atoms with E-state index in [0.29, 0.717) is 6.61 Å². The zero-order valence-electron chi connectivity index (χ0n) is 17.5. The highest BCUT2D eigenvalue weighted by molar-refractivity contribution is 5.97. The van der Waals surface area contributed by atoms with Crippen molar-refractivity contribution < 1.29 is 14.3 Å². The number of carbonyl (C=O) groups excluding carboxylic acids is 1. The van der Waals surface area contributed by atoms with Crippen molar-refractivity contribution in [2.45, 2.75) is 91.8 Å². The molecule has 0 saturated carbocycles. The van der Waals surface area contributed by atoms with Crippen molar-refractivity contribution in [3.63, 3.8) is 0 Å². The third-order valence-corrected chi connectivity index (χ3v) is 4.70. The third-order valence-electron chi connectivity index (χ3n) is 4.70. The van der Waals surface area contributed by atoms with Gasteiger partial charge < -0.3 is 14.8 Å². The van der Waals surface area contributed by atoms with Crippen molar-refractivity contribution in [3.05, 3.63) is 23.8 Å². The van der Waals surface area contributed by atoms with Gasteiger partial charge in [-0.2, -0.15) is 0 Å². The number of aryl methyl sites for hydroxylation is 1. The Kier molecular flexibility index (Phi) is 9.71. The average Bonchev–Trinajstić information content (AvgIpc) is 2.62. The smallest absolute Gasteiger partial charge is 0.256 e. The molecule has 0 bridgehead atoms. The molecule has 26 heavy (non-hydrogen) atoms. The van der Waals surface area contributed by atoms with Crippen molar-refractivity contribution in [2.24, 2.45) is 0 Å². The first-order valence-corrected chi connectivity index (χ1v) is 10.1. The lowest BCUT2D eigenvalue weighted by Gasteiger charge is -2.29. The summed E-state index contributed by atoms with van der Waals surface area (Å²) < 4.78 is 11.8. The van der Waals surface area contributed by atoms with E-state index in [0.717, 1.165) is 55.5 Å². The van der Waals surface area contributed by atoms with Gasteiger partial charge in [-0.15, -0.1) is 0 Å². The number of hydrogen-bond acceptors (Lipinski definition) is 3. The summed E-state index contributed by atoms with van der Waals surface area (Å²) in [5, 5.41) is 3.03. The zero-order chi connectivity index (χ0) is 19.6. The SMILES string of the molecule is CCCCC[C@](C)(OCCC)C(=O)Nc1ccc(O[C@H](C)CC)c(C)c1. The molecule has 4 heteroatoms. The summed E-state index contributed by atoms with van der Waals surface area (Å²) in [6.45, 7) is 12.9. The minimum atomic E-state index is -0.787. The topological polar surface area (TPSA) is 47.6 Å². The fourth-order valence-electron chi connectivity index (χ4n) is 2.71. The molecule has 0 aliphatic heterocycles. The van der Waals surface area contributed by atoms with Crippen LogP contribution in [0.1, 0.15) is 78.7 Å². The standard InChI is InChI=1S/C22H37NO3/c1-7-10-11-14-22(6,25-15-8-2)21(24)23-19-12-13-20(17(4)16-19)26-18(5)9-3/h12-13,16,18H,7-11,14-15H2,1-6H3,(H,23,24)/t18-,22+/m1/s1. The van der Waals surface area contributed by atoms with Gasteiger partial charge in [-0.05, 0) is 63.8 Å². The first kappa shape index (κ1) is 22.5. The van der Waals surface area contributed by atoms with Crippen LogP contribution in [0.15, 0.2) is 18.2 Å². The number of anilines is 1. The Morgan fingerprint density at radius 2 is 1.92 bits per heavy atom. The Morgan fingerprint density at radius 1 is 1.19 bits per heavy atom. The van der Waals surface area contributed by atoms with Crippen molar-refractivity contribution in [3.8, 4) is 5.75 Å². The first-order chi connectivity index (χ1) is 12.4. The molecule has 0 saturated heterocycles. The second-order valence-electron chi connectivity index (χ2n) is 7.31. The van der Waals surface area contributed by atoms with Crippen LogP contribution in [-0.4, -0.2) is 24.2 Å². The Hall–Kier alpha value is -1.55. The first-order valence-electron chi connectivity index (χ1n) is 10.1. The quantitative estimate of drug-likeness (QED) is 0.472. The maximum Gasteiger partial charge on any atom is 0.256 e. The molecule has 0 aliphatic rings. The minimum absolute atomic E-state index is 0.0722. The van der Waals surface area contributed by atoms with Gasteiger partial charge in [0.15, 0.2) is 0 Å². The summed E-state index contributed by atoms with van der Waals surface area (Å²) >= 11 is 0. The monoisotopic (exact) mass is 363 g/mol. The molecule has 1 aromatic rings.